The fourth-order valence-corrected chi connectivity index (χ4v) is 3.43. The highest BCUT2D eigenvalue weighted by Crippen LogP contribution is 2.33. The van der Waals surface area contributed by atoms with Gasteiger partial charge in [0.1, 0.15) is 0 Å². The molecule has 0 amide bonds. The largest absolute Gasteiger partial charge is 0.292 e. The highest BCUT2D eigenvalue weighted by molar-refractivity contribution is 7.90. The third kappa shape index (κ3) is 3.35. The van der Waals surface area contributed by atoms with Crippen LogP contribution in [0.25, 0.3) is 0 Å². The first-order valence-electron chi connectivity index (χ1n) is 7.53. The second-order valence-corrected chi connectivity index (χ2v) is 7.98. The van der Waals surface area contributed by atoms with Gasteiger partial charge in [-0.1, -0.05) is 42.5 Å². The van der Waals surface area contributed by atoms with Crippen LogP contribution in [0.2, 0.25) is 0 Å². The third-order valence-electron chi connectivity index (χ3n) is 4.30. The molecule has 120 valence electrons. The van der Waals surface area contributed by atoms with Crippen molar-refractivity contribution in [2.45, 2.75) is 23.9 Å². The monoisotopic (exact) mass is 329 g/mol. The second-order valence-electron chi connectivity index (χ2n) is 5.96. The van der Waals surface area contributed by atoms with Crippen LogP contribution in [0.4, 0.5) is 0 Å². The molecule has 0 spiro atoms. The topological polar surface area (TPSA) is 54.2 Å². The summed E-state index contributed by atoms with van der Waals surface area (Å²) in [5, 5.41) is 0. The highest BCUT2D eigenvalue weighted by atomic mass is 32.2. The van der Waals surface area contributed by atoms with Gasteiger partial charge in [0, 0.05) is 24.4 Å². The summed E-state index contributed by atoms with van der Waals surface area (Å²) < 4.78 is 22.9. The van der Waals surface area contributed by atoms with Gasteiger partial charge in [-0.15, -0.1) is 0 Å². The second kappa shape index (κ2) is 5.91. The zero-order chi connectivity index (χ0) is 16.6. The molecule has 5 heteroatoms. The Morgan fingerprint density at radius 3 is 2.26 bits per heavy atom. The van der Waals surface area contributed by atoms with Gasteiger partial charge in [0.2, 0.25) is 0 Å². The molecule has 2 aromatic rings. The van der Waals surface area contributed by atoms with Crippen molar-refractivity contribution in [3.05, 3.63) is 65.7 Å². The van der Waals surface area contributed by atoms with Crippen molar-refractivity contribution in [3.63, 3.8) is 0 Å². The third-order valence-corrected chi connectivity index (χ3v) is 5.43. The predicted octanol–water partition coefficient (Wildman–Crippen LogP) is 2.72. The molecule has 0 bridgehead atoms. The van der Waals surface area contributed by atoms with Crippen LogP contribution in [0.1, 0.15) is 28.9 Å². The normalized spacial score (nSPS) is 21.7. The number of carbonyl (C=O) groups is 1. The van der Waals surface area contributed by atoms with Crippen LogP contribution in [-0.2, 0) is 9.84 Å². The van der Waals surface area contributed by atoms with Gasteiger partial charge in [-0.3, -0.25) is 9.69 Å². The minimum Gasteiger partial charge on any atom is -0.292 e. The molecule has 1 heterocycles. The molecule has 0 N–H and O–H groups in total. The van der Waals surface area contributed by atoms with Gasteiger partial charge in [-0.2, -0.15) is 0 Å². The summed E-state index contributed by atoms with van der Waals surface area (Å²) in [4.78, 5) is 14.9. The number of nitrogens with zero attached hydrogens (tertiary/aromatic N) is 1. The highest BCUT2D eigenvalue weighted by Gasteiger charge is 2.43. The predicted molar refractivity (Wildman–Crippen MR) is 89.2 cm³/mol. The van der Waals surface area contributed by atoms with E-state index in [1.165, 1.54) is 17.7 Å². The van der Waals surface area contributed by atoms with E-state index < -0.39 is 9.84 Å². The summed E-state index contributed by atoms with van der Waals surface area (Å²) >= 11 is 0. The van der Waals surface area contributed by atoms with E-state index in [0.29, 0.717) is 5.56 Å². The molecule has 1 aliphatic rings. The molecule has 0 aromatic heterocycles. The molecular weight excluding hydrogens is 310 g/mol. The van der Waals surface area contributed by atoms with Crippen LogP contribution in [-0.4, -0.2) is 37.9 Å². The lowest BCUT2D eigenvalue weighted by Gasteiger charge is -2.14. The van der Waals surface area contributed by atoms with Gasteiger partial charge in [-0.05, 0) is 24.6 Å². The van der Waals surface area contributed by atoms with Crippen molar-refractivity contribution in [1.82, 2.24) is 4.90 Å². The quantitative estimate of drug-likeness (QED) is 0.625. The van der Waals surface area contributed by atoms with Gasteiger partial charge in [-0.25, -0.2) is 8.42 Å². The Kier molecular flexibility index (Phi) is 4.08. The standard InChI is InChI=1S/C18H19NO3S/c1-13(14-6-4-3-5-7-14)19-12-17(19)18(20)15-8-10-16(11-9-15)23(2,21)22/h3-11,13,17H,12H2,1-2H3/t13-,17-,19?/m1/s1. The fourth-order valence-electron chi connectivity index (χ4n) is 2.80. The average Bonchev–Trinajstić information content (AvgIpc) is 3.34. The van der Waals surface area contributed by atoms with Gasteiger partial charge in [0.25, 0.3) is 0 Å². The summed E-state index contributed by atoms with van der Waals surface area (Å²) in [6.45, 7) is 2.83. The summed E-state index contributed by atoms with van der Waals surface area (Å²) in [5.74, 6) is 0.0489. The molecule has 0 radical (unpaired) electrons. The van der Waals surface area contributed by atoms with E-state index in [-0.39, 0.29) is 22.8 Å². The lowest BCUT2D eigenvalue weighted by atomic mass is 10.1. The zero-order valence-electron chi connectivity index (χ0n) is 13.1. The summed E-state index contributed by atoms with van der Waals surface area (Å²) in [5.41, 5.74) is 1.75. The lowest BCUT2D eigenvalue weighted by Crippen LogP contribution is -2.16. The zero-order valence-corrected chi connectivity index (χ0v) is 14.0. The molecule has 4 nitrogen and oxygen atoms in total. The van der Waals surface area contributed by atoms with E-state index in [1.54, 1.807) is 12.1 Å². The minimum absolute atomic E-state index is 0.0489. The van der Waals surface area contributed by atoms with Crippen molar-refractivity contribution in [3.8, 4) is 0 Å². The molecule has 1 saturated heterocycles. The van der Waals surface area contributed by atoms with Crippen molar-refractivity contribution >= 4 is 15.6 Å². The molecule has 0 aliphatic carbocycles. The molecule has 1 aliphatic heterocycles. The molecule has 0 saturated carbocycles. The van der Waals surface area contributed by atoms with E-state index in [9.17, 15) is 13.2 Å². The van der Waals surface area contributed by atoms with Crippen molar-refractivity contribution in [2.75, 3.05) is 12.8 Å². The summed E-state index contributed by atoms with van der Waals surface area (Å²) in [6.07, 6.45) is 1.16. The van der Waals surface area contributed by atoms with E-state index >= 15 is 0 Å². The van der Waals surface area contributed by atoms with Crippen LogP contribution < -0.4 is 0 Å². The number of benzene rings is 2. The molecule has 23 heavy (non-hydrogen) atoms. The van der Waals surface area contributed by atoms with E-state index in [2.05, 4.69) is 24.0 Å². The van der Waals surface area contributed by atoms with Gasteiger partial charge < -0.3 is 0 Å². The molecule has 1 unspecified atom stereocenters. The van der Waals surface area contributed by atoms with Gasteiger partial charge in [0.15, 0.2) is 15.6 Å². The average molecular weight is 329 g/mol. The van der Waals surface area contributed by atoms with Crippen molar-refractivity contribution in [2.24, 2.45) is 0 Å². The summed E-state index contributed by atoms with van der Waals surface area (Å²) in [6, 6.07) is 16.4. The maximum Gasteiger partial charge on any atom is 0.181 e. The Morgan fingerprint density at radius 1 is 1.09 bits per heavy atom. The van der Waals surface area contributed by atoms with Gasteiger partial charge >= 0.3 is 0 Å². The smallest absolute Gasteiger partial charge is 0.181 e. The number of carbonyl (C=O) groups excluding carboxylic acids is 1. The Bertz CT molecular complexity index is 813. The number of hydrogen-bond donors (Lipinski definition) is 0. The maximum absolute atomic E-state index is 12.5. The first-order valence-corrected chi connectivity index (χ1v) is 9.42. The first kappa shape index (κ1) is 15.9. The summed E-state index contributed by atoms with van der Waals surface area (Å²) in [7, 11) is -3.23. The number of rotatable bonds is 5. The fraction of sp³-hybridized carbons (Fsp3) is 0.278. The SMILES string of the molecule is C[C@H](c1ccccc1)N1C[C@@H]1C(=O)c1ccc(S(C)(=O)=O)cc1. The number of hydrogen-bond acceptors (Lipinski definition) is 4. The number of ketones is 1. The van der Waals surface area contributed by atoms with Crippen LogP contribution in [0.3, 0.4) is 0 Å². The van der Waals surface area contributed by atoms with Crippen molar-refractivity contribution in [1.29, 1.82) is 0 Å². The van der Waals surface area contributed by atoms with E-state index in [4.69, 9.17) is 0 Å². The van der Waals surface area contributed by atoms with Crippen molar-refractivity contribution < 1.29 is 13.2 Å². The Labute approximate surface area is 136 Å². The molecule has 1 fully saturated rings. The lowest BCUT2D eigenvalue weighted by molar-refractivity contribution is 0.0969. The molecule has 3 atom stereocenters. The van der Waals surface area contributed by atoms with Crippen LogP contribution in [0.15, 0.2) is 59.5 Å². The van der Waals surface area contributed by atoms with E-state index in [0.717, 1.165) is 12.8 Å². The minimum atomic E-state index is -3.23. The molecule has 3 rings (SSSR count). The Balaban J connectivity index is 1.71. The van der Waals surface area contributed by atoms with Crippen LogP contribution in [0, 0.1) is 0 Å². The van der Waals surface area contributed by atoms with Crippen LogP contribution in [0.5, 0.6) is 0 Å². The van der Waals surface area contributed by atoms with E-state index in [1.807, 2.05) is 18.2 Å². The number of sulfone groups is 1. The number of Topliss-reactive ketones (excluding diaryl/α,β-unsaturated/α-hetero) is 1. The Morgan fingerprint density at radius 2 is 1.70 bits per heavy atom. The van der Waals surface area contributed by atoms with Crippen LogP contribution >= 0.6 is 0 Å². The molecule has 2 aromatic carbocycles. The van der Waals surface area contributed by atoms with Gasteiger partial charge in [0.05, 0.1) is 10.9 Å². The first-order chi connectivity index (χ1) is 10.9. The maximum atomic E-state index is 12.5. The molecular formula is C18H19NO3S. The Hall–Kier alpha value is -1.98.